The second-order valence-electron chi connectivity index (χ2n) is 8.16. The van der Waals surface area contributed by atoms with Crippen LogP contribution in [0.4, 0.5) is 0 Å². The Morgan fingerprint density at radius 2 is 1.82 bits per heavy atom. The van der Waals surface area contributed by atoms with Crippen molar-refractivity contribution in [1.82, 2.24) is 25.5 Å². The molecule has 0 saturated carbocycles. The molecule has 0 unspecified atom stereocenters. The van der Waals surface area contributed by atoms with Crippen LogP contribution in [0.3, 0.4) is 0 Å². The lowest BCUT2D eigenvalue weighted by molar-refractivity contribution is 0.0950. The molecule has 0 aliphatic heterocycles. The summed E-state index contributed by atoms with van der Waals surface area (Å²) in [6.45, 7) is 4.27. The number of nitrogens with one attached hydrogen (secondary N) is 1. The molecule has 10 heteroatoms. The van der Waals surface area contributed by atoms with E-state index in [1.54, 1.807) is 12.3 Å². The fourth-order valence-corrected chi connectivity index (χ4v) is 4.64. The lowest BCUT2D eigenvalue weighted by Gasteiger charge is -2.09. The monoisotopic (exact) mass is 495 g/mol. The van der Waals surface area contributed by atoms with Gasteiger partial charge in [-0.05, 0) is 54.4 Å². The zero-order valence-electron chi connectivity index (χ0n) is 18.8. The Hall–Kier alpha value is -3.43. The highest BCUT2D eigenvalue weighted by atomic mass is 35.5. The molecule has 0 saturated heterocycles. The number of sulfone groups is 1. The highest BCUT2D eigenvalue weighted by molar-refractivity contribution is 7.90. The van der Waals surface area contributed by atoms with E-state index in [0.29, 0.717) is 22.6 Å². The van der Waals surface area contributed by atoms with Gasteiger partial charge in [-0.25, -0.2) is 13.4 Å². The van der Waals surface area contributed by atoms with E-state index in [2.05, 4.69) is 34.3 Å². The molecule has 0 radical (unpaired) electrons. The van der Waals surface area contributed by atoms with Gasteiger partial charge in [0.1, 0.15) is 5.52 Å². The number of hydrogen-bond donors (Lipinski definition) is 1. The molecule has 34 heavy (non-hydrogen) atoms. The van der Waals surface area contributed by atoms with E-state index in [-0.39, 0.29) is 22.0 Å². The van der Waals surface area contributed by atoms with Gasteiger partial charge in [-0.1, -0.05) is 25.4 Å². The summed E-state index contributed by atoms with van der Waals surface area (Å²) >= 11 is 5.96. The minimum absolute atomic E-state index is 0.0658. The van der Waals surface area contributed by atoms with Crippen molar-refractivity contribution in [2.45, 2.75) is 31.2 Å². The topological polar surface area (TPSA) is 115 Å². The normalized spacial score (nSPS) is 11.7. The van der Waals surface area contributed by atoms with Gasteiger partial charge >= 0.3 is 0 Å². The van der Waals surface area contributed by atoms with Crippen molar-refractivity contribution < 1.29 is 13.2 Å². The minimum Gasteiger partial charge on any atom is -0.346 e. The van der Waals surface area contributed by atoms with Crippen molar-refractivity contribution in [2.75, 3.05) is 6.26 Å². The van der Waals surface area contributed by atoms with Crippen LogP contribution in [-0.4, -0.2) is 40.7 Å². The van der Waals surface area contributed by atoms with E-state index < -0.39 is 15.7 Å². The number of fused-ring (bicyclic) bond motifs is 1. The third-order valence-corrected chi connectivity index (χ3v) is 6.76. The molecule has 0 bridgehead atoms. The number of rotatable bonds is 6. The zero-order valence-corrected chi connectivity index (χ0v) is 20.4. The largest absolute Gasteiger partial charge is 0.346 e. The van der Waals surface area contributed by atoms with Crippen LogP contribution in [0.15, 0.2) is 59.6 Å². The summed E-state index contributed by atoms with van der Waals surface area (Å²) in [4.78, 5) is 21.6. The smallest absolute Gasteiger partial charge is 0.251 e. The van der Waals surface area contributed by atoms with Crippen molar-refractivity contribution in [3.8, 4) is 11.3 Å². The maximum Gasteiger partial charge on any atom is 0.251 e. The number of nitrogens with zero attached hydrogens (tertiary/aromatic N) is 4. The van der Waals surface area contributed by atoms with Crippen LogP contribution < -0.4 is 5.32 Å². The summed E-state index contributed by atoms with van der Waals surface area (Å²) in [6.07, 6.45) is 2.81. The maximum atomic E-state index is 12.6. The fourth-order valence-electron chi connectivity index (χ4n) is 3.34. The van der Waals surface area contributed by atoms with Gasteiger partial charge in [0.05, 0.1) is 33.4 Å². The first-order valence-electron chi connectivity index (χ1n) is 10.5. The summed E-state index contributed by atoms with van der Waals surface area (Å²) in [7, 11) is -3.56. The summed E-state index contributed by atoms with van der Waals surface area (Å²) in [5.41, 5.74) is 4.69. The third kappa shape index (κ3) is 5.21. The van der Waals surface area contributed by atoms with Gasteiger partial charge in [0, 0.05) is 29.3 Å². The maximum absolute atomic E-state index is 12.6. The number of hydrogen-bond acceptors (Lipinski definition) is 7. The van der Waals surface area contributed by atoms with Gasteiger partial charge in [0.2, 0.25) is 0 Å². The predicted octanol–water partition coefficient (Wildman–Crippen LogP) is 4.20. The van der Waals surface area contributed by atoms with Crippen LogP contribution in [-0.2, 0) is 16.4 Å². The number of benzene rings is 1. The van der Waals surface area contributed by atoms with E-state index in [1.807, 2.05) is 24.3 Å². The minimum atomic E-state index is -3.56. The van der Waals surface area contributed by atoms with E-state index in [1.165, 1.54) is 18.2 Å². The Bertz CT molecular complexity index is 1510. The van der Waals surface area contributed by atoms with Gasteiger partial charge in [-0.15, -0.1) is 5.10 Å². The Kier molecular flexibility index (Phi) is 6.58. The fraction of sp³-hybridized carbons (Fsp3) is 0.208. The Balaban J connectivity index is 1.55. The molecule has 1 amide bonds. The van der Waals surface area contributed by atoms with Gasteiger partial charge in [0.25, 0.3) is 5.91 Å². The highest BCUT2D eigenvalue weighted by Crippen LogP contribution is 2.24. The van der Waals surface area contributed by atoms with Crippen molar-refractivity contribution in [1.29, 1.82) is 0 Å². The molecule has 0 fully saturated rings. The number of pyridine rings is 2. The second kappa shape index (κ2) is 9.44. The molecule has 1 aromatic carbocycles. The van der Waals surface area contributed by atoms with Gasteiger partial charge in [-0.3, -0.25) is 9.78 Å². The predicted molar refractivity (Wildman–Crippen MR) is 130 cm³/mol. The first-order chi connectivity index (χ1) is 16.1. The van der Waals surface area contributed by atoms with Gasteiger partial charge in [0.15, 0.2) is 9.84 Å². The third-order valence-electron chi connectivity index (χ3n) is 5.18. The summed E-state index contributed by atoms with van der Waals surface area (Å²) in [6, 6.07) is 13.5. The lowest BCUT2D eigenvalue weighted by atomic mass is 10.1. The number of halogens is 1. The molecule has 0 atom stereocenters. The number of carbonyl (C=O) groups excluding carboxylic acids is 1. The Labute approximate surface area is 202 Å². The molecule has 174 valence electrons. The molecule has 1 N–H and O–H groups in total. The zero-order chi connectivity index (χ0) is 24.5. The first kappa shape index (κ1) is 23.7. The summed E-state index contributed by atoms with van der Waals surface area (Å²) in [5, 5.41) is 11.1. The van der Waals surface area contributed by atoms with E-state index in [0.717, 1.165) is 23.2 Å². The van der Waals surface area contributed by atoms with Crippen molar-refractivity contribution in [3.63, 3.8) is 0 Å². The number of aromatic nitrogens is 4. The van der Waals surface area contributed by atoms with Crippen LogP contribution >= 0.6 is 11.6 Å². The van der Waals surface area contributed by atoms with Crippen LogP contribution in [0, 0.1) is 0 Å². The molecular formula is C24H22ClN5O3S. The van der Waals surface area contributed by atoms with Crippen molar-refractivity contribution in [2.24, 2.45) is 0 Å². The summed E-state index contributed by atoms with van der Waals surface area (Å²) in [5.74, 6) is -0.154. The molecule has 4 aromatic rings. The molecule has 0 aliphatic rings. The molecule has 0 aliphatic carbocycles. The van der Waals surface area contributed by atoms with Gasteiger partial charge in [-0.2, -0.15) is 5.10 Å². The average molecular weight is 496 g/mol. The lowest BCUT2D eigenvalue weighted by Crippen LogP contribution is -2.23. The molecule has 3 heterocycles. The molecule has 3 aromatic heterocycles. The van der Waals surface area contributed by atoms with Crippen LogP contribution in [0.2, 0.25) is 5.02 Å². The standard InChI is InChI=1S/C24H22ClN5O3S/c1-14(2)21-10-15(8-9-26-21)19-6-7-20-22(28-19)12-17(29-30-20)13-27-24(31)16-4-5-18(25)23(11-16)34(3,32)33/h4-12,14H,13H2,1-3H3,(H,27,31). The van der Waals surface area contributed by atoms with Crippen molar-refractivity contribution in [3.05, 3.63) is 76.7 Å². The molecule has 0 spiro atoms. The molecule has 8 nitrogen and oxygen atoms in total. The van der Waals surface area contributed by atoms with Crippen molar-refractivity contribution >= 4 is 38.4 Å². The second-order valence-corrected chi connectivity index (χ2v) is 10.6. The average Bonchev–Trinajstić information content (AvgIpc) is 2.81. The molecule has 4 rings (SSSR count). The van der Waals surface area contributed by atoms with E-state index in [4.69, 9.17) is 16.6 Å². The van der Waals surface area contributed by atoms with Gasteiger partial charge < -0.3 is 5.32 Å². The SMILES string of the molecule is CC(C)c1cc(-c2ccc3nnc(CNC(=O)c4ccc(Cl)c(S(C)(=O)=O)c4)cc3n2)ccn1. The first-order valence-corrected chi connectivity index (χ1v) is 12.8. The molecular weight excluding hydrogens is 474 g/mol. The quantitative estimate of drug-likeness (QED) is 0.426. The van der Waals surface area contributed by atoms with Crippen LogP contribution in [0.5, 0.6) is 0 Å². The number of carbonyl (C=O) groups is 1. The Morgan fingerprint density at radius 3 is 2.56 bits per heavy atom. The van der Waals surface area contributed by atoms with E-state index in [9.17, 15) is 13.2 Å². The number of amides is 1. The summed E-state index contributed by atoms with van der Waals surface area (Å²) < 4.78 is 23.7. The van der Waals surface area contributed by atoms with Crippen LogP contribution in [0.25, 0.3) is 22.3 Å². The van der Waals surface area contributed by atoms with E-state index >= 15 is 0 Å². The Morgan fingerprint density at radius 1 is 1.03 bits per heavy atom. The highest BCUT2D eigenvalue weighted by Gasteiger charge is 2.16. The van der Waals surface area contributed by atoms with Crippen LogP contribution in [0.1, 0.15) is 41.5 Å².